The minimum atomic E-state index is -0.0882. The van der Waals surface area contributed by atoms with Crippen molar-refractivity contribution in [3.63, 3.8) is 0 Å². The number of anilines is 1. The van der Waals surface area contributed by atoms with Gasteiger partial charge in [-0.15, -0.1) is 0 Å². The van der Waals surface area contributed by atoms with E-state index < -0.39 is 0 Å². The lowest BCUT2D eigenvalue weighted by Gasteiger charge is -2.34. The number of aromatic amines is 1. The molecule has 2 aromatic heterocycles. The molecule has 2 aromatic carbocycles. The van der Waals surface area contributed by atoms with Crippen LogP contribution in [0.3, 0.4) is 0 Å². The van der Waals surface area contributed by atoms with Crippen molar-refractivity contribution in [2.75, 3.05) is 44.6 Å². The highest BCUT2D eigenvalue weighted by Gasteiger charge is 2.17. The molecule has 1 aliphatic rings. The number of fused-ring (bicyclic) bond motifs is 1. The summed E-state index contributed by atoms with van der Waals surface area (Å²) in [6, 6.07) is 21.4. The van der Waals surface area contributed by atoms with Crippen LogP contribution >= 0.6 is 0 Å². The van der Waals surface area contributed by atoms with Crippen LogP contribution in [-0.2, 0) is 16.1 Å². The lowest BCUT2D eigenvalue weighted by molar-refractivity contribution is -0.143. The number of benzene rings is 2. The van der Waals surface area contributed by atoms with Gasteiger partial charge in [-0.1, -0.05) is 54.6 Å². The maximum absolute atomic E-state index is 11.5. The summed E-state index contributed by atoms with van der Waals surface area (Å²) in [4.78, 5) is 28.9. The van der Waals surface area contributed by atoms with Gasteiger partial charge in [-0.3, -0.25) is 9.69 Å². The number of piperazine rings is 1. The summed E-state index contributed by atoms with van der Waals surface area (Å²) < 4.78 is 5.02. The van der Waals surface area contributed by atoms with Crippen LogP contribution in [0.4, 0.5) is 5.82 Å². The van der Waals surface area contributed by atoms with Crippen LogP contribution in [0.25, 0.3) is 22.3 Å². The van der Waals surface area contributed by atoms with E-state index in [1.165, 1.54) is 11.1 Å². The number of rotatable bonds is 11. The van der Waals surface area contributed by atoms with Crippen molar-refractivity contribution in [2.24, 2.45) is 0 Å². The standard InChI is InChI=1S/C31H38N6O2/c1-3-39-29(38)10-7-15-36-16-18-37(19-17-36)21-24-11-13-26(14-12-24)28-20-27-30(32-22-33-31(27)35-28)34-23(2)25-8-5-4-6-9-25/h4-6,8-9,11-14,20,22-23H,3,7,10,15-19,21H2,1-2H3,(H2,32,33,34,35)/t23-/m1/s1. The fourth-order valence-corrected chi connectivity index (χ4v) is 5.14. The molecule has 0 aliphatic carbocycles. The Morgan fingerprint density at radius 1 is 1.03 bits per heavy atom. The molecule has 0 bridgehead atoms. The van der Waals surface area contributed by atoms with Gasteiger partial charge in [0.1, 0.15) is 17.8 Å². The molecule has 3 heterocycles. The van der Waals surface area contributed by atoms with Crippen molar-refractivity contribution < 1.29 is 9.53 Å². The van der Waals surface area contributed by atoms with Crippen molar-refractivity contribution >= 4 is 22.8 Å². The third kappa shape index (κ3) is 7.02. The summed E-state index contributed by atoms with van der Waals surface area (Å²) in [5, 5.41) is 4.53. The lowest BCUT2D eigenvalue weighted by atomic mass is 10.1. The molecule has 1 aliphatic heterocycles. The zero-order valence-electron chi connectivity index (χ0n) is 22.9. The number of hydrogen-bond acceptors (Lipinski definition) is 7. The summed E-state index contributed by atoms with van der Waals surface area (Å²) in [5.74, 6) is 0.741. The molecule has 0 amide bonds. The second kappa shape index (κ2) is 12.9. The van der Waals surface area contributed by atoms with Crippen LogP contribution in [0.1, 0.15) is 43.9 Å². The monoisotopic (exact) mass is 526 g/mol. The van der Waals surface area contributed by atoms with Crippen molar-refractivity contribution in [2.45, 2.75) is 39.3 Å². The topological polar surface area (TPSA) is 86.4 Å². The van der Waals surface area contributed by atoms with Gasteiger partial charge in [-0.25, -0.2) is 9.97 Å². The Morgan fingerprint density at radius 3 is 2.51 bits per heavy atom. The second-order valence-electron chi connectivity index (χ2n) is 10.2. The number of nitrogens with one attached hydrogen (secondary N) is 2. The van der Waals surface area contributed by atoms with Gasteiger partial charge in [0.05, 0.1) is 12.0 Å². The zero-order chi connectivity index (χ0) is 27.0. The number of carbonyl (C=O) groups is 1. The highest BCUT2D eigenvalue weighted by Crippen LogP contribution is 2.29. The van der Waals surface area contributed by atoms with Gasteiger partial charge < -0.3 is 19.9 Å². The molecule has 0 unspecified atom stereocenters. The molecule has 1 fully saturated rings. The number of nitrogens with zero attached hydrogens (tertiary/aromatic N) is 4. The maximum Gasteiger partial charge on any atom is 0.305 e. The second-order valence-corrected chi connectivity index (χ2v) is 10.2. The van der Waals surface area contributed by atoms with Gasteiger partial charge in [0.15, 0.2) is 0 Å². The van der Waals surface area contributed by atoms with Crippen molar-refractivity contribution in [3.8, 4) is 11.3 Å². The van der Waals surface area contributed by atoms with E-state index in [4.69, 9.17) is 4.74 Å². The SMILES string of the molecule is CCOC(=O)CCCN1CCN(Cc2ccc(-c3cc4c(N[C@H](C)c5ccccc5)ncnc4[nH]3)cc2)CC1. The van der Waals surface area contributed by atoms with Crippen LogP contribution < -0.4 is 5.32 Å². The first-order valence-electron chi connectivity index (χ1n) is 13.9. The average molecular weight is 527 g/mol. The van der Waals surface area contributed by atoms with E-state index in [0.717, 1.165) is 73.8 Å². The smallest absolute Gasteiger partial charge is 0.305 e. The molecule has 0 radical (unpaired) electrons. The van der Waals surface area contributed by atoms with Gasteiger partial charge in [0.2, 0.25) is 0 Å². The molecule has 5 rings (SSSR count). The Balaban J connectivity index is 1.16. The van der Waals surface area contributed by atoms with Gasteiger partial charge >= 0.3 is 5.97 Å². The van der Waals surface area contributed by atoms with E-state index in [9.17, 15) is 4.79 Å². The van der Waals surface area contributed by atoms with E-state index in [1.54, 1.807) is 6.33 Å². The quantitative estimate of drug-likeness (QED) is 0.258. The van der Waals surface area contributed by atoms with Crippen LogP contribution in [0, 0.1) is 0 Å². The van der Waals surface area contributed by atoms with Crippen LogP contribution in [0.2, 0.25) is 0 Å². The normalized spacial score (nSPS) is 15.3. The summed E-state index contributed by atoms with van der Waals surface area (Å²) >= 11 is 0. The molecule has 1 saturated heterocycles. The summed E-state index contributed by atoms with van der Waals surface area (Å²) in [5.41, 5.74) is 5.51. The van der Waals surface area contributed by atoms with Crippen LogP contribution in [-0.4, -0.2) is 70.1 Å². The molecule has 8 nitrogen and oxygen atoms in total. The van der Waals surface area contributed by atoms with E-state index in [1.807, 2.05) is 13.0 Å². The third-order valence-electron chi connectivity index (χ3n) is 7.38. The predicted octanol–water partition coefficient (Wildman–Crippen LogP) is 5.26. The number of H-pyrrole nitrogens is 1. The number of aromatic nitrogens is 3. The molecule has 4 aromatic rings. The maximum atomic E-state index is 11.5. The summed E-state index contributed by atoms with van der Waals surface area (Å²) in [6.07, 6.45) is 2.98. The van der Waals surface area contributed by atoms with Gasteiger partial charge in [-0.05, 0) is 49.6 Å². The fraction of sp³-hybridized carbons (Fsp3) is 0.387. The molecule has 1 atom stereocenters. The molecule has 2 N–H and O–H groups in total. The van der Waals surface area contributed by atoms with Crippen LogP contribution in [0.5, 0.6) is 0 Å². The van der Waals surface area contributed by atoms with E-state index in [-0.39, 0.29) is 12.0 Å². The summed E-state index contributed by atoms with van der Waals surface area (Å²) in [7, 11) is 0. The molecular weight excluding hydrogens is 488 g/mol. The van der Waals surface area contributed by atoms with Crippen molar-refractivity contribution in [3.05, 3.63) is 78.1 Å². The molecule has 0 spiro atoms. The van der Waals surface area contributed by atoms with E-state index in [0.29, 0.717) is 13.0 Å². The Kier molecular flexibility index (Phi) is 8.85. The molecule has 0 saturated carbocycles. The zero-order valence-corrected chi connectivity index (χ0v) is 22.9. The predicted molar refractivity (Wildman–Crippen MR) is 155 cm³/mol. The molecule has 8 heteroatoms. The first-order valence-corrected chi connectivity index (χ1v) is 13.9. The Morgan fingerprint density at radius 2 is 1.77 bits per heavy atom. The Bertz CT molecular complexity index is 1350. The number of carbonyl (C=O) groups excluding carboxylic acids is 1. The minimum Gasteiger partial charge on any atom is -0.466 e. The van der Waals surface area contributed by atoms with Gasteiger partial charge in [0, 0.05) is 50.9 Å². The molecule has 39 heavy (non-hydrogen) atoms. The fourth-order valence-electron chi connectivity index (χ4n) is 5.14. The first kappa shape index (κ1) is 26.8. The van der Waals surface area contributed by atoms with Gasteiger partial charge in [0.25, 0.3) is 0 Å². The first-order chi connectivity index (χ1) is 19.1. The largest absolute Gasteiger partial charge is 0.466 e. The van der Waals surface area contributed by atoms with E-state index in [2.05, 4.69) is 91.6 Å². The molecular formula is C31H38N6O2. The Labute approximate surface area is 230 Å². The summed E-state index contributed by atoms with van der Waals surface area (Å²) in [6.45, 7) is 10.5. The number of ether oxygens (including phenoxy) is 1. The number of esters is 1. The Hall–Kier alpha value is -3.75. The van der Waals surface area contributed by atoms with Crippen molar-refractivity contribution in [1.29, 1.82) is 0 Å². The highest BCUT2D eigenvalue weighted by molar-refractivity contribution is 5.91. The van der Waals surface area contributed by atoms with Crippen LogP contribution in [0.15, 0.2) is 67.0 Å². The highest BCUT2D eigenvalue weighted by atomic mass is 16.5. The van der Waals surface area contributed by atoms with Crippen molar-refractivity contribution in [1.82, 2.24) is 24.8 Å². The average Bonchev–Trinajstić information content (AvgIpc) is 3.41. The van der Waals surface area contributed by atoms with E-state index >= 15 is 0 Å². The minimum absolute atomic E-state index is 0.0882. The number of hydrogen-bond donors (Lipinski definition) is 2. The molecule has 204 valence electrons. The van der Waals surface area contributed by atoms with Gasteiger partial charge in [-0.2, -0.15) is 0 Å². The lowest BCUT2D eigenvalue weighted by Crippen LogP contribution is -2.46. The third-order valence-corrected chi connectivity index (χ3v) is 7.38.